The van der Waals surface area contributed by atoms with Crippen LogP contribution in [-0.2, 0) is 4.84 Å². The Hall–Kier alpha value is -1.79. The van der Waals surface area contributed by atoms with Crippen molar-refractivity contribution < 1.29 is 9.63 Å². The van der Waals surface area contributed by atoms with Crippen molar-refractivity contribution >= 4 is 17.2 Å². The summed E-state index contributed by atoms with van der Waals surface area (Å²) in [7, 11) is 3.10. The fourth-order valence-electron chi connectivity index (χ4n) is 1.96. The number of carbonyl (C=O) groups is 1. The molecule has 1 amide bonds. The molecule has 1 aliphatic rings. The molecule has 0 N–H and O–H groups in total. The topological polar surface area (TPSA) is 55.3 Å². The van der Waals surface area contributed by atoms with Crippen LogP contribution >= 0.6 is 11.3 Å². The van der Waals surface area contributed by atoms with Crippen LogP contribution < -0.4 is 0 Å². The third kappa shape index (κ3) is 2.44. The van der Waals surface area contributed by atoms with E-state index in [2.05, 4.69) is 9.97 Å². The first-order valence-electron chi connectivity index (χ1n) is 6.44. The third-order valence-corrected chi connectivity index (χ3v) is 4.39. The predicted octanol–water partition coefficient (Wildman–Crippen LogP) is 2.72. The van der Waals surface area contributed by atoms with Gasteiger partial charge in [-0.3, -0.25) is 14.6 Å². The molecule has 3 rings (SSSR count). The maximum absolute atomic E-state index is 12.3. The maximum Gasteiger partial charge on any atom is 0.289 e. The Kier molecular flexibility index (Phi) is 3.50. The molecule has 5 nitrogen and oxygen atoms in total. The van der Waals surface area contributed by atoms with Crippen molar-refractivity contribution in [3.05, 3.63) is 35.1 Å². The zero-order valence-electron chi connectivity index (χ0n) is 11.4. The minimum atomic E-state index is -0.137. The molecular formula is C14H15N3O2S. The highest BCUT2D eigenvalue weighted by Gasteiger charge is 2.33. The quantitative estimate of drug-likeness (QED) is 0.812. The third-order valence-electron chi connectivity index (χ3n) is 3.28. The summed E-state index contributed by atoms with van der Waals surface area (Å²) in [4.78, 5) is 26.8. The van der Waals surface area contributed by atoms with E-state index in [1.54, 1.807) is 19.4 Å². The van der Waals surface area contributed by atoms with Crippen molar-refractivity contribution in [2.75, 3.05) is 14.2 Å². The van der Waals surface area contributed by atoms with E-state index in [1.165, 1.54) is 23.5 Å². The van der Waals surface area contributed by atoms with E-state index in [0.717, 1.165) is 29.1 Å². The average Bonchev–Trinajstić information content (AvgIpc) is 3.25. The highest BCUT2D eigenvalue weighted by molar-refractivity contribution is 7.17. The lowest BCUT2D eigenvalue weighted by atomic mass is 10.2. The van der Waals surface area contributed by atoms with E-state index < -0.39 is 0 Å². The number of pyridine rings is 1. The van der Waals surface area contributed by atoms with E-state index in [4.69, 9.17) is 4.84 Å². The maximum atomic E-state index is 12.3. The molecule has 0 atom stereocenters. The molecule has 0 unspecified atom stereocenters. The Morgan fingerprint density at radius 3 is 2.90 bits per heavy atom. The van der Waals surface area contributed by atoms with Gasteiger partial charge in [-0.1, -0.05) is 0 Å². The molecule has 2 aromatic rings. The smallest absolute Gasteiger partial charge is 0.274 e. The predicted molar refractivity (Wildman–Crippen MR) is 76.4 cm³/mol. The van der Waals surface area contributed by atoms with Gasteiger partial charge in [0, 0.05) is 30.9 Å². The van der Waals surface area contributed by atoms with Crippen molar-refractivity contribution in [2.45, 2.75) is 18.8 Å². The van der Waals surface area contributed by atoms with Crippen molar-refractivity contribution in [3.8, 4) is 10.6 Å². The fourth-order valence-corrected chi connectivity index (χ4v) is 3.07. The second kappa shape index (κ2) is 5.30. The number of thiazole rings is 1. The Bertz CT molecular complexity index is 623. The van der Waals surface area contributed by atoms with Crippen LogP contribution in [0.3, 0.4) is 0 Å². The largest absolute Gasteiger partial charge is 0.289 e. The van der Waals surface area contributed by atoms with Gasteiger partial charge in [-0.15, -0.1) is 11.3 Å². The van der Waals surface area contributed by atoms with Crippen molar-refractivity contribution in [1.82, 2.24) is 15.0 Å². The zero-order valence-corrected chi connectivity index (χ0v) is 12.2. The van der Waals surface area contributed by atoms with Gasteiger partial charge in [0.2, 0.25) is 0 Å². The molecule has 0 saturated heterocycles. The van der Waals surface area contributed by atoms with E-state index in [0.29, 0.717) is 10.8 Å². The van der Waals surface area contributed by atoms with Gasteiger partial charge >= 0.3 is 0 Å². The van der Waals surface area contributed by atoms with Gasteiger partial charge < -0.3 is 0 Å². The molecule has 0 bridgehead atoms. The number of nitrogens with zero attached hydrogens (tertiary/aromatic N) is 3. The summed E-state index contributed by atoms with van der Waals surface area (Å²) in [6.45, 7) is 0. The van der Waals surface area contributed by atoms with Gasteiger partial charge in [-0.25, -0.2) is 10.0 Å². The molecule has 104 valence electrons. The Balaban J connectivity index is 2.01. The van der Waals surface area contributed by atoms with Gasteiger partial charge in [-0.05, 0) is 25.0 Å². The summed E-state index contributed by atoms with van der Waals surface area (Å²) in [5.74, 6) is 0.280. The molecule has 1 saturated carbocycles. The minimum absolute atomic E-state index is 0.137. The van der Waals surface area contributed by atoms with Crippen molar-refractivity contribution in [2.24, 2.45) is 0 Å². The van der Waals surface area contributed by atoms with Crippen LogP contribution in [0.2, 0.25) is 0 Å². The van der Waals surface area contributed by atoms with Gasteiger partial charge in [0.05, 0.1) is 12.8 Å². The highest BCUT2D eigenvalue weighted by Crippen LogP contribution is 2.44. The lowest BCUT2D eigenvalue weighted by Gasteiger charge is -2.12. The standard InChI is InChI=1S/C14H15N3O2S/c1-17(19-2)14(18)12-11(9-5-6-9)16-13(20-12)10-4-3-7-15-8-10/h3-4,7-9H,5-6H2,1-2H3. The normalized spacial score (nSPS) is 14.3. The molecule has 0 spiro atoms. The molecular weight excluding hydrogens is 274 g/mol. The van der Waals surface area contributed by atoms with Crippen LogP contribution in [-0.4, -0.2) is 35.1 Å². The first-order valence-corrected chi connectivity index (χ1v) is 7.25. The molecule has 2 aromatic heterocycles. The summed E-state index contributed by atoms with van der Waals surface area (Å²) >= 11 is 1.41. The molecule has 0 aliphatic heterocycles. The summed E-state index contributed by atoms with van der Waals surface area (Å²) < 4.78 is 0. The van der Waals surface area contributed by atoms with Gasteiger partial charge in [0.15, 0.2) is 0 Å². The number of carbonyl (C=O) groups excluding carboxylic acids is 1. The fraction of sp³-hybridized carbons (Fsp3) is 0.357. The number of amides is 1. The van der Waals surface area contributed by atoms with Crippen LogP contribution in [0.1, 0.15) is 34.1 Å². The molecule has 20 heavy (non-hydrogen) atoms. The van der Waals surface area contributed by atoms with Crippen LogP contribution in [0.15, 0.2) is 24.5 Å². The molecule has 1 aliphatic carbocycles. The average molecular weight is 289 g/mol. The van der Waals surface area contributed by atoms with E-state index in [-0.39, 0.29) is 5.91 Å². The SMILES string of the molecule is CON(C)C(=O)c1sc(-c2cccnc2)nc1C1CC1. The monoisotopic (exact) mass is 289 g/mol. The number of hydrogen-bond acceptors (Lipinski definition) is 5. The first kappa shape index (κ1) is 13.2. The van der Waals surface area contributed by atoms with E-state index >= 15 is 0 Å². The lowest BCUT2D eigenvalue weighted by Crippen LogP contribution is -2.25. The van der Waals surface area contributed by atoms with Crippen LogP contribution in [0, 0.1) is 0 Å². The Labute approximate surface area is 121 Å². The van der Waals surface area contributed by atoms with Crippen LogP contribution in [0.5, 0.6) is 0 Å². The van der Waals surface area contributed by atoms with Crippen molar-refractivity contribution in [1.29, 1.82) is 0 Å². The number of hydrogen-bond donors (Lipinski definition) is 0. The van der Waals surface area contributed by atoms with Crippen LogP contribution in [0.4, 0.5) is 0 Å². The second-order valence-electron chi connectivity index (χ2n) is 4.73. The lowest BCUT2D eigenvalue weighted by molar-refractivity contribution is -0.0754. The molecule has 0 radical (unpaired) electrons. The van der Waals surface area contributed by atoms with E-state index in [9.17, 15) is 4.79 Å². The van der Waals surface area contributed by atoms with Gasteiger partial charge in [0.1, 0.15) is 9.88 Å². The summed E-state index contributed by atoms with van der Waals surface area (Å²) in [5, 5.41) is 2.08. The number of rotatable bonds is 4. The number of hydroxylamine groups is 2. The molecule has 6 heteroatoms. The zero-order chi connectivity index (χ0) is 14.1. The Morgan fingerprint density at radius 2 is 2.30 bits per heavy atom. The van der Waals surface area contributed by atoms with E-state index in [1.807, 2.05) is 12.1 Å². The summed E-state index contributed by atoms with van der Waals surface area (Å²) in [5.41, 5.74) is 1.85. The summed E-state index contributed by atoms with van der Waals surface area (Å²) in [6.07, 6.45) is 5.70. The number of aromatic nitrogens is 2. The Morgan fingerprint density at radius 1 is 1.50 bits per heavy atom. The van der Waals surface area contributed by atoms with Crippen molar-refractivity contribution in [3.63, 3.8) is 0 Å². The summed E-state index contributed by atoms with van der Waals surface area (Å²) in [6, 6.07) is 3.83. The highest BCUT2D eigenvalue weighted by atomic mass is 32.1. The molecule has 2 heterocycles. The minimum Gasteiger partial charge on any atom is -0.274 e. The molecule has 1 fully saturated rings. The van der Waals surface area contributed by atoms with Gasteiger partial charge in [0.25, 0.3) is 5.91 Å². The van der Waals surface area contributed by atoms with Crippen LogP contribution in [0.25, 0.3) is 10.6 Å². The molecule has 0 aromatic carbocycles. The first-order chi connectivity index (χ1) is 9.70. The second-order valence-corrected chi connectivity index (χ2v) is 5.73. The van der Waals surface area contributed by atoms with Gasteiger partial charge in [-0.2, -0.15) is 0 Å².